The summed E-state index contributed by atoms with van der Waals surface area (Å²) in [4.78, 5) is 7.27. The maximum Gasteiger partial charge on any atom is 0.231 e. The molecule has 3 heterocycles. The average Bonchev–Trinajstić information content (AvgIpc) is 3.26. The van der Waals surface area contributed by atoms with Crippen molar-refractivity contribution in [1.82, 2.24) is 19.5 Å². The zero-order chi connectivity index (χ0) is 24.6. The van der Waals surface area contributed by atoms with Crippen LogP contribution in [0.4, 0.5) is 5.69 Å². The van der Waals surface area contributed by atoms with E-state index in [1.165, 1.54) is 34.5 Å². The quantitative estimate of drug-likeness (QED) is 0.406. The van der Waals surface area contributed by atoms with E-state index < -0.39 is 10.0 Å². The van der Waals surface area contributed by atoms with Gasteiger partial charge in [0.2, 0.25) is 10.0 Å². The minimum Gasteiger partial charge on any atom is -0.306 e. The van der Waals surface area contributed by atoms with E-state index in [4.69, 9.17) is 10.1 Å². The first-order valence-corrected chi connectivity index (χ1v) is 13.8. The molecule has 1 aliphatic rings. The second-order valence-electron chi connectivity index (χ2n) is 9.50. The van der Waals surface area contributed by atoms with Gasteiger partial charge in [0.15, 0.2) is 11.5 Å². The van der Waals surface area contributed by atoms with Crippen molar-refractivity contribution in [2.75, 3.05) is 37.7 Å². The summed E-state index contributed by atoms with van der Waals surface area (Å²) in [6.45, 7) is 2.29. The van der Waals surface area contributed by atoms with Crippen LogP contribution in [0.25, 0.3) is 16.8 Å². The number of rotatable bonds is 6. The SMILES string of the molecule is CN1CCC(c2cccc(Cc3nc4c(-c5cccc(N(C)S(C)(=O)=O)c5)cccn4n3)c2)CC1. The summed E-state index contributed by atoms with van der Waals surface area (Å²) in [5.41, 5.74) is 5.80. The molecule has 1 saturated heterocycles. The number of anilines is 1. The van der Waals surface area contributed by atoms with E-state index in [-0.39, 0.29) is 0 Å². The molecule has 0 saturated carbocycles. The van der Waals surface area contributed by atoms with Crippen molar-refractivity contribution in [3.8, 4) is 11.1 Å². The summed E-state index contributed by atoms with van der Waals surface area (Å²) < 4.78 is 27.1. The number of hydrogen-bond acceptors (Lipinski definition) is 5. The number of hydrogen-bond donors (Lipinski definition) is 0. The predicted octanol–water partition coefficient (Wildman–Crippen LogP) is 4.19. The van der Waals surface area contributed by atoms with Crippen molar-refractivity contribution < 1.29 is 8.42 Å². The van der Waals surface area contributed by atoms with Gasteiger partial charge in [-0.15, -0.1) is 0 Å². The van der Waals surface area contributed by atoms with Crippen molar-refractivity contribution >= 4 is 21.4 Å². The molecule has 2 aromatic carbocycles. The molecule has 5 rings (SSSR count). The van der Waals surface area contributed by atoms with Gasteiger partial charge in [-0.3, -0.25) is 4.31 Å². The van der Waals surface area contributed by atoms with Crippen LogP contribution >= 0.6 is 0 Å². The highest BCUT2D eigenvalue weighted by molar-refractivity contribution is 7.92. The molecule has 35 heavy (non-hydrogen) atoms. The number of aromatic nitrogens is 3. The summed E-state index contributed by atoms with van der Waals surface area (Å²) in [7, 11) is 0.405. The minimum atomic E-state index is -3.34. The van der Waals surface area contributed by atoms with Crippen molar-refractivity contribution in [2.24, 2.45) is 0 Å². The molecule has 182 valence electrons. The third-order valence-electron chi connectivity index (χ3n) is 6.93. The molecule has 7 nitrogen and oxygen atoms in total. The fraction of sp³-hybridized carbons (Fsp3) is 0.333. The molecule has 0 N–H and O–H groups in total. The molecule has 8 heteroatoms. The molecule has 0 spiro atoms. The fourth-order valence-electron chi connectivity index (χ4n) is 4.79. The van der Waals surface area contributed by atoms with E-state index in [9.17, 15) is 8.42 Å². The zero-order valence-electron chi connectivity index (χ0n) is 20.4. The second-order valence-corrected chi connectivity index (χ2v) is 11.5. The number of fused-ring (bicyclic) bond motifs is 1. The third-order valence-corrected chi connectivity index (χ3v) is 8.13. The lowest BCUT2D eigenvalue weighted by atomic mass is 9.88. The molecule has 1 aliphatic heterocycles. The molecular weight excluding hydrogens is 458 g/mol. The van der Waals surface area contributed by atoms with Gasteiger partial charge < -0.3 is 4.90 Å². The minimum absolute atomic E-state index is 0.609. The van der Waals surface area contributed by atoms with Crippen molar-refractivity contribution in [3.05, 3.63) is 83.8 Å². The van der Waals surface area contributed by atoms with E-state index in [0.29, 0.717) is 18.0 Å². The normalized spacial score (nSPS) is 15.5. The first-order valence-electron chi connectivity index (χ1n) is 11.9. The van der Waals surface area contributed by atoms with Crippen molar-refractivity contribution in [1.29, 1.82) is 0 Å². The van der Waals surface area contributed by atoms with Crippen molar-refractivity contribution in [3.63, 3.8) is 0 Å². The van der Waals surface area contributed by atoms with Gasteiger partial charge in [-0.2, -0.15) is 5.10 Å². The summed E-state index contributed by atoms with van der Waals surface area (Å²) >= 11 is 0. The Morgan fingerprint density at radius 2 is 1.80 bits per heavy atom. The molecule has 0 radical (unpaired) electrons. The van der Waals surface area contributed by atoms with E-state index in [1.54, 1.807) is 17.6 Å². The van der Waals surface area contributed by atoms with Crippen LogP contribution in [0, 0.1) is 0 Å². The van der Waals surface area contributed by atoms with Crippen LogP contribution < -0.4 is 4.31 Å². The van der Waals surface area contributed by atoms with Crippen LogP contribution in [0.2, 0.25) is 0 Å². The highest BCUT2D eigenvalue weighted by atomic mass is 32.2. The fourth-order valence-corrected chi connectivity index (χ4v) is 5.29. The van der Waals surface area contributed by atoms with Gasteiger partial charge in [-0.25, -0.2) is 17.9 Å². The van der Waals surface area contributed by atoms with Crippen LogP contribution in [0.1, 0.15) is 35.7 Å². The number of pyridine rings is 1. The van der Waals surface area contributed by atoms with Gasteiger partial charge in [0.1, 0.15) is 0 Å². The Labute approximate surface area is 207 Å². The summed E-state index contributed by atoms with van der Waals surface area (Å²) in [6, 6.07) is 20.3. The molecule has 4 aromatic rings. The number of piperidine rings is 1. The number of benzene rings is 2. The van der Waals surface area contributed by atoms with Crippen LogP contribution in [0.3, 0.4) is 0 Å². The molecule has 0 atom stereocenters. The Hall–Kier alpha value is -3.23. The lowest BCUT2D eigenvalue weighted by Crippen LogP contribution is -2.29. The molecule has 0 amide bonds. The maximum atomic E-state index is 12.0. The molecule has 2 aromatic heterocycles. The third kappa shape index (κ3) is 5.09. The standard InChI is InChI=1S/C27H31N5O2S/c1-30-15-12-21(13-16-30)22-8-4-7-20(17-22)18-26-28-27-25(11-6-14-32(27)29-26)23-9-5-10-24(19-23)31(2)35(3,33)34/h4-11,14,17,19,21H,12-13,15-16,18H2,1-3H3. The number of sulfonamides is 1. The highest BCUT2D eigenvalue weighted by Crippen LogP contribution is 2.30. The van der Waals surface area contributed by atoms with Gasteiger partial charge in [0.05, 0.1) is 11.9 Å². The maximum absolute atomic E-state index is 12.0. The number of nitrogens with zero attached hydrogens (tertiary/aromatic N) is 5. The van der Waals surface area contributed by atoms with Crippen LogP contribution in [-0.4, -0.2) is 61.4 Å². The highest BCUT2D eigenvalue weighted by Gasteiger charge is 2.19. The summed E-state index contributed by atoms with van der Waals surface area (Å²) in [6.07, 6.45) is 6.16. The molecular formula is C27H31N5O2S. The Morgan fingerprint density at radius 3 is 2.57 bits per heavy atom. The molecule has 0 aliphatic carbocycles. The lowest BCUT2D eigenvalue weighted by molar-refractivity contribution is 0.255. The first-order chi connectivity index (χ1) is 16.8. The summed E-state index contributed by atoms with van der Waals surface area (Å²) in [5.74, 6) is 1.38. The van der Waals surface area contributed by atoms with Gasteiger partial charge in [0.25, 0.3) is 0 Å². The zero-order valence-corrected chi connectivity index (χ0v) is 21.2. The summed E-state index contributed by atoms with van der Waals surface area (Å²) in [5, 5.41) is 4.74. The van der Waals surface area contributed by atoms with Crippen LogP contribution in [0.5, 0.6) is 0 Å². The smallest absolute Gasteiger partial charge is 0.231 e. The van der Waals surface area contributed by atoms with E-state index in [0.717, 1.165) is 35.7 Å². The Bertz CT molecular complexity index is 1460. The Balaban J connectivity index is 1.43. The monoisotopic (exact) mass is 489 g/mol. The molecule has 0 unspecified atom stereocenters. The number of likely N-dealkylation sites (tertiary alicyclic amines) is 1. The van der Waals surface area contributed by atoms with E-state index >= 15 is 0 Å². The lowest BCUT2D eigenvalue weighted by Gasteiger charge is -2.29. The van der Waals surface area contributed by atoms with Crippen LogP contribution in [0.15, 0.2) is 66.9 Å². The van der Waals surface area contributed by atoms with Crippen molar-refractivity contribution in [2.45, 2.75) is 25.2 Å². The van der Waals surface area contributed by atoms with Gasteiger partial charge in [-0.05, 0) is 79.9 Å². The van der Waals surface area contributed by atoms with E-state index in [2.05, 4.69) is 36.2 Å². The largest absolute Gasteiger partial charge is 0.306 e. The average molecular weight is 490 g/mol. The van der Waals surface area contributed by atoms with Gasteiger partial charge >= 0.3 is 0 Å². The van der Waals surface area contributed by atoms with E-state index in [1.807, 2.05) is 36.5 Å². The Kier molecular flexibility index (Phi) is 6.34. The Morgan fingerprint density at radius 1 is 1.03 bits per heavy atom. The topological polar surface area (TPSA) is 70.8 Å². The molecule has 0 bridgehead atoms. The predicted molar refractivity (Wildman–Crippen MR) is 140 cm³/mol. The second kappa shape index (κ2) is 9.43. The molecule has 1 fully saturated rings. The van der Waals surface area contributed by atoms with Gasteiger partial charge in [0, 0.05) is 25.2 Å². The van der Waals surface area contributed by atoms with Gasteiger partial charge in [-0.1, -0.05) is 36.4 Å². The first kappa shape index (κ1) is 23.5. The van der Waals surface area contributed by atoms with Crippen LogP contribution in [-0.2, 0) is 16.4 Å².